The third-order valence-corrected chi connectivity index (χ3v) is 4.19. The molecule has 0 unspecified atom stereocenters. The summed E-state index contributed by atoms with van der Waals surface area (Å²) < 4.78 is 26.2. The normalized spacial score (nSPS) is 16.1. The molecule has 0 atom stereocenters. The minimum absolute atomic E-state index is 0.0353. The van der Waals surface area contributed by atoms with E-state index in [4.69, 9.17) is 5.73 Å². The van der Waals surface area contributed by atoms with E-state index in [1.807, 2.05) is 24.3 Å². The molecule has 1 saturated carbocycles. The lowest BCUT2D eigenvalue weighted by atomic mass is 10.1. The van der Waals surface area contributed by atoms with Crippen LogP contribution in [0.4, 0.5) is 0 Å². The van der Waals surface area contributed by atoms with Crippen LogP contribution in [0, 0.1) is 5.92 Å². The van der Waals surface area contributed by atoms with Crippen LogP contribution in [0.3, 0.4) is 0 Å². The fourth-order valence-corrected chi connectivity index (χ4v) is 2.89. The van der Waals surface area contributed by atoms with Gasteiger partial charge in [0.2, 0.25) is 10.0 Å². The second kappa shape index (κ2) is 5.16. The molecule has 1 aromatic carbocycles. The number of hydrogen-bond acceptors (Lipinski definition) is 3. The second-order valence-corrected chi connectivity index (χ2v) is 6.38. The van der Waals surface area contributed by atoms with Crippen molar-refractivity contribution in [1.82, 2.24) is 4.72 Å². The lowest BCUT2D eigenvalue weighted by molar-refractivity contribution is 0.576. The van der Waals surface area contributed by atoms with Gasteiger partial charge in [-0.2, -0.15) is 0 Å². The minimum Gasteiger partial charge on any atom is -0.326 e. The fourth-order valence-electron chi connectivity index (χ4n) is 1.68. The Bertz CT molecular complexity index is 481. The summed E-state index contributed by atoms with van der Waals surface area (Å²) in [7, 11) is -3.21. The van der Waals surface area contributed by atoms with E-state index < -0.39 is 10.0 Å². The summed E-state index contributed by atoms with van der Waals surface area (Å²) in [5.41, 5.74) is 7.27. The average molecular weight is 254 g/mol. The Morgan fingerprint density at radius 1 is 1.29 bits per heavy atom. The van der Waals surface area contributed by atoms with Crippen LogP contribution in [0.15, 0.2) is 24.3 Å². The van der Waals surface area contributed by atoms with E-state index in [0.717, 1.165) is 24.0 Å². The number of nitrogens with one attached hydrogen (secondary N) is 1. The predicted octanol–water partition coefficient (Wildman–Crippen LogP) is 0.975. The van der Waals surface area contributed by atoms with Gasteiger partial charge in [0.25, 0.3) is 0 Å². The van der Waals surface area contributed by atoms with Gasteiger partial charge < -0.3 is 5.73 Å². The molecule has 0 aliphatic heterocycles. The third kappa shape index (κ3) is 4.11. The Hall–Kier alpha value is -0.910. The maximum Gasteiger partial charge on any atom is 0.215 e. The molecule has 2 rings (SSSR count). The first-order chi connectivity index (χ1) is 8.09. The summed E-state index contributed by atoms with van der Waals surface area (Å²) in [4.78, 5) is 0. The Morgan fingerprint density at radius 2 is 2.00 bits per heavy atom. The van der Waals surface area contributed by atoms with E-state index in [2.05, 4.69) is 4.72 Å². The number of hydrogen-bond donors (Lipinski definition) is 2. The molecule has 1 aliphatic rings. The summed E-state index contributed by atoms with van der Waals surface area (Å²) in [6.45, 7) is 1.02. The van der Waals surface area contributed by atoms with Crippen LogP contribution < -0.4 is 10.5 Å². The molecule has 0 heterocycles. The highest BCUT2D eigenvalue weighted by atomic mass is 32.2. The third-order valence-electron chi connectivity index (χ3n) is 2.87. The van der Waals surface area contributed by atoms with Gasteiger partial charge in [-0.15, -0.1) is 0 Å². The van der Waals surface area contributed by atoms with Gasteiger partial charge in [0, 0.05) is 13.1 Å². The van der Waals surface area contributed by atoms with Crippen molar-refractivity contribution in [2.45, 2.75) is 25.1 Å². The van der Waals surface area contributed by atoms with Crippen molar-refractivity contribution in [2.24, 2.45) is 11.7 Å². The van der Waals surface area contributed by atoms with Crippen molar-refractivity contribution in [3.8, 4) is 0 Å². The number of nitrogens with two attached hydrogens (primary N) is 1. The molecule has 1 aliphatic carbocycles. The minimum atomic E-state index is -3.21. The van der Waals surface area contributed by atoms with Crippen LogP contribution in [0.2, 0.25) is 0 Å². The summed E-state index contributed by atoms with van der Waals surface area (Å²) >= 11 is 0. The smallest absolute Gasteiger partial charge is 0.215 e. The zero-order valence-electron chi connectivity index (χ0n) is 9.72. The van der Waals surface area contributed by atoms with E-state index in [1.165, 1.54) is 0 Å². The quantitative estimate of drug-likeness (QED) is 0.794. The van der Waals surface area contributed by atoms with Crippen LogP contribution in [-0.4, -0.2) is 15.0 Å². The molecule has 3 N–H and O–H groups in total. The Balaban J connectivity index is 1.97. The first-order valence-corrected chi connectivity index (χ1v) is 7.49. The molecule has 17 heavy (non-hydrogen) atoms. The largest absolute Gasteiger partial charge is 0.326 e. The first-order valence-electron chi connectivity index (χ1n) is 5.84. The Labute approximate surface area is 102 Å². The molecule has 0 aromatic heterocycles. The van der Waals surface area contributed by atoms with E-state index >= 15 is 0 Å². The van der Waals surface area contributed by atoms with Crippen LogP contribution in [0.5, 0.6) is 0 Å². The fraction of sp³-hybridized carbons (Fsp3) is 0.500. The van der Waals surface area contributed by atoms with Crippen molar-refractivity contribution >= 4 is 10.0 Å². The van der Waals surface area contributed by atoms with Gasteiger partial charge in [0.15, 0.2) is 0 Å². The highest BCUT2D eigenvalue weighted by Gasteiger charge is 2.23. The van der Waals surface area contributed by atoms with Crippen molar-refractivity contribution < 1.29 is 8.42 Å². The molecule has 94 valence electrons. The Morgan fingerprint density at radius 3 is 2.65 bits per heavy atom. The number of benzene rings is 1. The average Bonchev–Trinajstić information content (AvgIpc) is 3.10. The van der Waals surface area contributed by atoms with E-state index in [9.17, 15) is 8.42 Å². The molecule has 1 fully saturated rings. The van der Waals surface area contributed by atoms with Gasteiger partial charge in [-0.25, -0.2) is 13.1 Å². The topological polar surface area (TPSA) is 72.2 Å². The number of sulfonamides is 1. The van der Waals surface area contributed by atoms with Gasteiger partial charge in [-0.05, 0) is 29.9 Å². The van der Waals surface area contributed by atoms with Crippen LogP contribution in [-0.2, 0) is 22.3 Å². The molecule has 5 heteroatoms. The lowest BCUT2D eigenvalue weighted by Crippen LogP contribution is -2.27. The number of rotatable bonds is 6. The van der Waals surface area contributed by atoms with Crippen LogP contribution >= 0.6 is 0 Å². The molecule has 0 spiro atoms. The van der Waals surface area contributed by atoms with E-state index in [0.29, 0.717) is 19.0 Å². The summed E-state index contributed by atoms with van der Waals surface area (Å²) in [6, 6.07) is 7.40. The predicted molar refractivity (Wildman–Crippen MR) is 67.7 cm³/mol. The van der Waals surface area contributed by atoms with E-state index in [1.54, 1.807) is 0 Å². The molecule has 4 nitrogen and oxygen atoms in total. The van der Waals surface area contributed by atoms with Crippen LogP contribution in [0.25, 0.3) is 0 Å². The summed E-state index contributed by atoms with van der Waals surface area (Å²) in [6.07, 6.45) is 2.29. The van der Waals surface area contributed by atoms with E-state index in [-0.39, 0.29) is 5.75 Å². The molecular weight excluding hydrogens is 236 g/mol. The summed E-state index contributed by atoms with van der Waals surface area (Å²) in [5.74, 6) is 0.591. The lowest BCUT2D eigenvalue weighted by Gasteiger charge is -2.07. The Kier molecular flexibility index (Phi) is 3.81. The van der Waals surface area contributed by atoms with Crippen molar-refractivity contribution in [1.29, 1.82) is 0 Å². The second-order valence-electron chi connectivity index (χ2n) is 4.57. The zero-order chi connectivity index (χ0) is 12.3. The molecular formula is C12H18N2O2S. The van der Waals surface area contributed by atoms with Gasteiger partial charge in [-0.3, -0.25) is 0 Å². The van der Waals surface area contributed by atoms with Crippen LogP contribution in [0.1, 0.15) is 24.0 Å². The standard InChI is InChI=1S/C12H18N2O2S/c13-7-11-2-1-3-12(6-11)9-17(15,16)14-8-10-4-5-10/h1-3,6,10,14H,4-5,7-9,13H2. The van der Waals surface area contributed by atoms with Gasteiger partial charge in [0.05, 0.1) is 5.75 Å². The zero-order valence-corrected chi connectivity index (χ0v) is 10.5. The van der Waals surface area contributed by atoms with Gasteiger partial charge in [-0.1, -0.05) is 24.3 Å². The monoisotopic (exact) mass is 254 g/mol. The highest BCUT2D eigenvalue weighted by Crippen LogP contribution is 2.27. The molecule has 1 aromatic rings. The van der Waals surface area contributed by atoms with Gasteiger partial charge in [0.1, 0.15) is 0 Å². The SMILES string of the molecule is NCc1cccc(CS(=O)(=O)NCC2CC2)c1. The molecule has 0 bridgehead atoms. The summed E-state index contributed by atoms with van der Waals surface area (Å²) in [5, 5.41) is 0. The van der Waals surface area contributed by atoms with Crippen molar-refractivity contribution in [2.75, 3.05) is 6.54 Å². The molecule has 0 amide bonds. The first kappa shape index (κ1) is 12.5. The van der Waals surface area contributed by atoms with Crippen molar-refractivity contribution in [3.63, 3.8) is 0 Å². The molecule has 0 saturated heterocycles. The maximum atomic E-state index is 11.8. The maximum absolute atomic E-state index is 11.8. The molecule has 0 radical (unpaired) electrons. The van der Waals surface area contributed by atoms with Crippen molar-refractivity contribution in [3.05, 3.63) is 35.4 Å². The van der Waals surface area contributed by atoms with Gasteiger partial charge >= 0.3 is 0 Å². The highest BCUT2D eigenvalue weighted by molar-refractivity contribution is 7.88.